The third-order valence-electron chi connectivity index (χ3n) is 5.93. The van der Waals surface area contributed by atoms with E-state index in [1.807, 2.05) is 17.7 Å². The van der Waals surface area contributed by atoms with Crippen molar-refractivity contribution >= 4 is 34.4 Å². The lowest BCUT2D eigenvalue weighted by molar-refractivity contribution is -0.140. The Morgan fingerprint density at radius 2 is 1.97 bits per heavy atom. The molecule has 37 heavy (non-hydrogen) atoms. The second-order valence-electron chi connectivity index (χ2n) is 8.14. The van der Waals surface area contributed by atoms with E-state index >= 15 is 0 Å². The number of methoxy groups -OCH3 is 2. The number of amides is 1. The van der Waals surface area contributed by atoms with Crippen LogP contribution in [0.1, 0.15) is 28.2 Å². The molecular formula is C27H26N6O4. The van der Waals surface area contributed by atoms with Gasteiger partial charge in [0.2, 0.25) is 0 Å². The number of benzene rings is 2. The van der Waals surface area contributed by atoms with E-state index in [-0.39, 0.29) is 18.9 Å². The maximum absolute atomic E-state index is 13.5. The van der Waals surface area contributed by atoms with Gasteiger partial charge in [0.05, 0.1) is 55.5 Å². The Hall–Kier alpha value is -4.91. The molecule has 4 aromatic rings. The van der Waals surface area contributed by atoms with E-state index < -0.39 is 5.97 Å². The number of hydrogen-bond acceptors (Lipinski definition) is 8. The number of aryl methyl sites for hydroxylation is 1. The number of carbonyl (C=O) groups excluding carboxylic acids is 2. The number of imidazole rings is 1. The minimum Gasteiger partial charge on any atom is -0.495 e. The van der Waals surface area contributed by atoms with Crippen molar-refractivity contribution in [3.8, 4) is 11.8 Å². The van der Waals surface area contributed by atoms with Crippen LogP contribution in [-0.2, 0) is 23.1 Å². The number of ether oxygens (including phenoxy) is 2. The van der Waals surface area contributed by atoms with E-state index in [0.29, 0.717) is 34.8 Å². The molecule has 0 aliphatic heterocycles. The van der Waals surface area contributed by atoms with E-state index in [0.717, 1.165) is 17.0 Å². The van der Waals surface area contributed by atoms with Crippen LogP contribution in [0.3, 0.4) is 0 Å². The van der Waals surface area contributed by atoms with Crippen LogP contribution >= 0.6 is 0 Å². The normalized spacial score (nSPS) is 10.5. The highest BCUT2D eigenvalue weighted by atomic mass is 16.5. The van der Waals surface area contributed by atoms with Crippen LogP contribution < -0.4 is 15.0 Å². The monoisotopic (exact) mass is 498 g/mol. The molecule has 2 aromatic carbocycles. The van der Waals surface area contributed by atoms with Gasteiger partial charge in [0.15, 0.2) is 0 Å². The Bertz CT molecular complexity index is 1480. The molecule has 0 fully saturated rings. The van der Waals surface area contributed by atoms with Crippen LogP contribution in [0.25, 0.3) is 11.0 Å². The van der Waals surface area contributed by atoms with Crippen molar-refractivity contribution < 1.29 is 19.1 Å². The molecule has 0 saturated heterocycles. The van der Waals surface area contributed by atoms with Crippen molar-refractivity contribution in [2.24, 2.45) is 7.05 Å². The first-order chi connectivity index (χ1) is 17.9. The average molecular weight is 499 g/mol. The summed E-state index contributed by atoms with van der Waals surface area (Å²) in [6.45, 7) is 0.528. The summed E-state index contributed by atoms with van der Waals surface area (Å²) >= 11 is 0. The minimum atomic E-state index is -0.412. The number of nitrogens with one attached hydrogen (secondary N) is 1. The number of pyridine rings is 1. The molecular weight excluding hydrogens is 472 g/mol. The summed E-state index contributed by atoms with van der Waals surface area (Å²) in [6.07, 6.45) is 1.64. The number of carbonyl (C=O) groups is 2. The third-order valence-corrected chi connectivity index (χ3v) is 5.93. The number of nitrogens with zero attached hydrogens (tertiary/aromatic N) is 5. The summed E-state index contributed by atoms with van der Waals surface area (Å²) in [5.41, 5.74) is 3.19. The van der Waals surface area contributed by atoms with Gasteiger partial charge >= 0.3 is 5.97 Å². The van der Waals surface area contributed by atoms with E-state index in [2.05, 4.69) is 16.4 Å². The van der Waals surface area contributed by atoms with Crippen LogP contribution in [0.4, 0.5) is 11.5 Å². The molecule has 10 heteroatoms. The van der Waals surface area contributed by atoms with E-state index in [1.54, 1.807) is 61.8 Å². The third kappa shape index (κ3) is 5.51. The molecule has 0 aliphatic rings. The second-order valence-corrected chi connectivity index (χ2v) is 8.14. The second kappa shape index (κ2) is 11.2. The van der Waals surface area contributed by atoms with Gasteiger partial charge in [0, 0.05) is 31.4 Å². The summed E-state index contributed by atoms with van der Waals surface area (Å²) in [4.78, 5) is 35.7. The number of fused-ring (bicyclic) bond motifs is 1. The first-order valence-corrected chi connectivity index (χ1v) is 11.5. The molecule has 0 unspecified atom stereocenters. The molecule has 4 rings (SSSR count). The number of hydrogen-bond donors (Lipinski definition) is 1. The van der Waals surface area contributed by atoms with Crippen LogP contribution in [0.15, 0.2) is 60.8 Å². The fourth-order valence-corrected chi connectivity index (χ4v) is 3.92. The van der Waals surface area contributed by atoms with Crippen LogP contribution in [0, 0.1) is 11.3 Å². The van der Waals surface area contributed by atoms with Crippen LogP contribution in [0.5, 0.6) is 5.75 Å². The molecule has 0 bridgehead atoms. The minimum absolute atomic E-state index is 0.0409. The van der Waals surface area contributed by atoms with Crippen molar-refractivity contribution in [2.45, 2.75) is 13.0 Å². The molecule has 0 atom stereocenters. The Balaban J connectivity index is 1.58. The Kier molecular flexibility index (Phi) is 7.64. The molecule has 188 valence electrons. The molecule has 0 radical (unpaired) electrons. The summed E-state index contributed by atoms with van der Waals surface area (Å²) in [7, 11) is 4.77. The van der Waals surface area contributed by atoms with Gasteiger partial charge in [-0.3, -0.25) is 14.5 Å². The maximum Gasteiger partial charge on any atom is 0.307 e. The molecule has 10 nitrogen and oxygen atoms in total. The van der Waals surface area contributed by atoms with Crippen LogP contribution in [0.2, 0.25) is 0 Å². The van der Waals surface area contributed by atoms with Gasteiger partial charge in [-0.1, -0.05) is 6.07 Å². The molecule has 1 amide bonds. The Labute approximate surface area is 214 Å². The fourth-order valence-electron chi connectivity index (χ4n) is 3.92. The smallest absolute Gasteiger partial charge is 0.307 e. The Morgan fingerprint density at radius 3 is 2.68 bits per heavy atom. The zero-order valence-electron chi connectivity index (χ0n) is 20.8. The lowest BCUT2D eigenvalue weighted by Crippen LogP contribution is -2.33. The van der Waals surface area contributed by atoms with Crippen LogP contribution in [-0.4, -0.2) is 47.2 Å². The number of rotatable bonds is 9. The van der Waals surface area contributed by atoms with Gasteiger partial charge in [-0.05, 0) is 42.5 Å². The van der Waals surface area contributed by atoms with Gasteiger partial charge in [-0.15, -0.1) is 0 Å². The largest absolute Gasteiger partial charge is 0.495 e. The first-order valence-electron chi connectivity index (χ1n) is 11.5. The van der Waals surface area contributed by atoms with E-state index in [9.17, 15) is 9.59 Å². The lowest BCUT2D eigenvalue weighted by Gasteiger charge is -2.21. The molecule has 0 aliphatic carbocycles. The highest BCUT2D eigenvalue weighted by Crippen LogP contribution is 2.26. The molecule has 0 spiro atoms. The van der Waals surface area contributed by atoms with Crippen molar-refractivity contribution in [3.05, 3.63) is 77.7 Å². The number of anilines is 2. The van der Waals surface area contributed by atoms with Crippen molar-refractivity contribution in [2.75, 3.05) is 31.0 Å². The molecule has 0 saturated carbocycles. The maximum atomic E-state index is 13.5. The standard InChI is InChI=1S/C27H26N6O4/c1-32-22-10-8-19(27(35)33(13-11-26(34)37-3)24-6-4-5-12-29-24)15-21(22)31-25(32)17-30-20-9-7-18(16-28)14-23(20)36-2/h4-10,12,14-15,30H,11,13,17H2,1-3H3. The SMILES string of the molecule is COC(=O)CCN(C(=O)c1ccc2c(c1)nc(CNc1ccc(C#N)cc1OC)n2C)c1ccccn1. The van der Waals surface area contributed by atoms with Crippen molar-refractivity contribution in [1.82, 2.24) is 14.5 Å². The number of aromatic nitrogens is 3. The first kappa shape index (κ1) is 25.2. The Morgan fingerprint density at radius 1 is 1.14 bits per heavy atom. The fraction of sp³-hybridized carbons (Fsp3) is 0.222. The van der Waals surface area contributed by atoms with Crippen molar-refractivity contribution in [1.29, 1.82) is 5.26 Å². The van der Waals surface area contributed by atoms with Crippen molar-refractivity contribution in [3.63, 3.8) is 0 Å². The van der Waals surface area contributed by atoms with Gasteiger partial charge in [-0.2, -0.15) is 5.26 Å². The molecule has 1 N–H and O–H groups in total. The molecule has 2 aromatic heterocycles. The summed E-state index contributed by atoms with van der Waals surface area (Å²) < 4.78 is 12.1. The zero-order chi connectivity index (χ0) is 26.4. The van der Waals surface area contributed by atoms with E-state index in [1.165, 1.54) is 12.0 Å². The van der Waals surface area contributed by atoms with Gasteiger partial charge < -0.3 is 19.4 Å². The highest BCUT2D eigenvalue weighted by molar-refractivity contribution is 6.07. The average Bonchev–Trinajstić information content (AvgIpc) is 3.26. The summed E-state index contributed by atoms with van der Waals surface area (Å²) in [5.74, 6) is 1.05. The quantitative estimate of drug-likeness (QED) is 0.347. The summed E-state index contributed by atoms with van der Waals surface area (Å²) in [6, 6.07) is 17.8. The summed E-state index contributed by atoms with van der Waals surface area (Å²) in [5, 5.41) is 12.4. The lowest BCUT2D eigenvalue weighted by atomic mass is 10.1. The van der Waals surface area contributed by atoms with Gasteiger partial charge in [0.1, 0.15) is 17.4 Å². The van der Waals surface area contributed by atoms with E-state index in [4.69, 9.17) is 19.7 Å². The topological polar surface area (TPSA) is 122 Å². The number of nitriles is 1. The predicted octanol–water partition coefficient (Wildman–Crippen LogP) is 3.67. The van der Waals surface area contributed by atoms with Gasteiger partial charge in [-0.25, -0.2) is 9.97 Å². The highest BCUT2D eigenvalue weighted by Gasteiger charge is 2.21. The predicted molar refractivity (Wildman–Crippen MR) is 138 cm³/mol. The van der Waals surface area contributed by atoms with Gasteiger partial charge in [0.25, 0.3) is 5.91 Å². The number of esters is 1. The molecule has 2 heterocycles. The zero-order valence-corrected chi connectivity index (χ0v) is 20.8.